The van der Waals surface area contributed by atoms with Crippen LogP contribution in [-0.4, -0.2) is 30.8 Å². The smallest absolute Gasteiger partial charge is 0.341 e. The molecule has 1 aromatic heterocycles. The second-order valence-electron chi connectivity index (χ2n) is 11.9. The van der Waals surface area contributed by atoms with Crippen LogP contribution >= 0.6 is 23.6 Å². The Morgan fingerprint density at radius 3 is 2.29 bits per heavy atom. The van der Waals surface area contributed by atoms with Gasteiger partial charge in [-0.2, -0.15) is 0 Å². The van der Waals surface area contributed by atoms with Crippen LogP contribution in [0.4, 0.5) is 5.00 Å². The van der Waals surface area contributed by atoms with E-state index in [1.54, 1.807) is 0 Å². The molecule has 5 nitrogen and oxygen atoms in total. The van der Waals surface area contributed by atoms with Gasteiger partial charge in [-0.05, 0) is 79.8 Å². The Hall–Kier alpha value is -2.90. The summed E-state index contributed by atoms with van der Waals surface area (Å²) < 4.78 is 11.7. The van der Waals surface area contributed by atoms with Crippen molar-refractivity contribution in [3.05, 3.63) is 70.1 Å². The second-order valence-corrected chi connectivity index (χ2v) is 13.6. The summed E-state index contributed by atoms with van der Waals surface area (Å²) >= 11 is 7.11. The van der Waals surface area contributed by atoms with E-state index in [1.165, 1.54) is 22.5 Å². The molecule has 0 unspecified atom stereocenters. The molecule has 3 aromatic rings. The first-order valence-corrected chi connectivity index (χ1v) is 16.4. The number of thiophene rings is 1. The van der Waals surface area contributed by atoms with E-state index in [0.717, 1.165) is 47.4 Å². The predicted molar refractivity (Wildman–Crippen MR) is 182 cm³/mol. The topological polar surface area (TPSA) is 59.6 Å². The summed E-state index contributed by atoms with van der Waals surface area (Å²) in [4.78, 5) is 14.0. The number of rotatable bonds is 14. The molecule has 0 radical (unpaired) electrons. The van der Waals surface area contributed by atoms with Gasteiger partial charge in [0.1, 0.15) is 16.3 Å². The number of esters is 1. The maximum absolute atomic E-state index is 13.0. The molecule has 0 aliphatic heterocycles. The van der Waals surface area contributed by atoms with Gasteiger partial charge in [0.25, 0.3) is 0 Å². The number of anilines is 1. The molecule has 2 aromatic carbocycles. The maximum atomic E-state index is 13.0. The third kappa shape index (κ3) is 8.35. The first kappa shape index (κ1) is 33.6. The number of hydrogen-bond donors (Lipinski definition) is 2. The molecule has 2 N–H and O–H groups in total. The first-order chi connectivity index (χ1) is 19.9. The van der Waals surface area contributed by atoms with Crippen molar-refractivity contribution in [1.29, 1.82) is 0 Å². The highest BCUT2D eigenvalue weighted by Gasteiger charge is 2.27. The molecule has 228 valence electrons. The Bertz CT molecular complexity index is 1350. The lowest BCUT2D eigenvalue weighted by Crippen LogP contribution is -2.29. The number of carbonyl (C=O) groups is 1. The Morgan fingerprint density at radius 2 is 1.64 bits per heavy atom. The van der Waals surface area contributed by atoms with Crippen LogP contribution in [0.15, 0.2) is 48.5 Å². The Kier molecular flexibility index (Phi) is 12.0. The molecule has 0 atom stereocenters. The van der Waals surface area contributed by atoms with Gasteiger partial charge in [-0.3, -0.25) is 0 Å². The maximum Gasteiger partial charge on any atom is 0.341 e. The highest BCUT2D eigenvalue weighted by Crippen LogP contribution is 2.41. The van der Waals surface area contributed by atoms with Crippen molar-refractivity contribution in [2.24, 2.45) is 0 Å². The summed E-state index contributed by atoms with van der Waals surface area (Å²) in [5, 5.41) is 7.74. The molecule has 0 saturated heterocycles. The lowest BCUT2D eigenvalue weighted by molar-refractivity contribution is 0.0529. The number of carbonyl (C=O) groups excluding carboxylic acids is 1. The van der Waals surface area contributed by atoms with Crippen LogP contribution in [0.5, 0.6) is 5.75 Å². The number of unbranched alkanes of at least 4 members (excludes halogenated alkanes) is 1. The SMILES string of the molecule is CCOC(=O)c1c(NC(=S)NCCCCOc2ccc(C(C)(C)CC)cc2C(C)(C)CC)sc(C)c1-c1ccccc1. The van der Waals surface area contributed by atoms with Crippen LogP contribution in [0.3, 0.4) is 0 Å². The predicted octanol–water partition coefficient (Wildman–Crippen LogP) is 9.42. The van der Waals surface area contributed by atoms with E-state index in [9.17, 15) is 4.79 Å². The standard InChI is InChI=1S/C35H48N2O3S2/c1-9-34(5,6)26-19-20-28(27(23-26)35(7,8)10-2)40-22-16-15-21-36-33(41)37-31-30(32(38)39-11-3)29(24(4)42-31)25-17-13-12-14-18-25/h12-14,17-20,23H,9-11,15-16,21-22H2,1-8H3,(H2,36,37,41). The molecule has 0 fully saturated rings. The van der Waals surface area contributed by atoms with Crippen LogP contribution in [-0.2, 0) is 15.6 Å². The van der Waals surface area contributed by atoms with Crippen LogP contribution in [0, 0.1) is 6.92 Å². The van der Waals surface area contributed by atoms with Gasteiger partial charge in [-0.15, -0.1) is 11.3 Å². The van der Waals surface area contributed by atoms with E-state index in [2.05, 4.69) is 70.4 Å². The van der Waals surface area contributed by atoms with Crippen molar-refractivity contribution in [2.75, 3.05) is 25.1 Å². The number of thiocarbonyl (C=S) groups is 1. The summed E-state index contributed by atoms with van der Waals surface area (Å²) in [6.45, 7) is 19.2. The summed E-state index contributed by atoms with van der Waals surface area (Å²) in [5.74, 6) is 0.636. The average molecular weight is 609 g/mol. The van der Waals surface area contributed by atoms with Crippen molar-refractivity contribution < 1.29 is 14.3 Å². The number of aryl methyl sites for hydroxylation is 1. The third-order valence-electron chi connectivity index (χ3n) is 8.23. The number of nitrogens with one attached hydrogen (secondary N) is 2. The van der Waals surface area contributed by atoms with E-state index in [4.69, 9.17) is 21.7 Å². The van der Waals surface area contributed by atoms with Gasteiger partial charge in [0, 0.05) is 22.5 Å². The average Bonchev–Trinajstić information content (AvgIpc) is 3.30. The van der Waals surface area contributed by atoms with Gasteiger partial charge in [0.05, 0.1) is 13.2 Å². The van der Waals surface area contributed by atoms with Crippen molar-refractivity contribution in [3.8, 4) is 16.9 Å². The van der Waals surface area contributed by atoms with E-state index >= 15 is 0 Å². The number of benzene rings is 2. The molecular formula is C35H48N2O3S2. The van der Waals surface area contributed by atoms with Gasteiger partial charge in [-0.1, -0.05) is 84.0 Å². The minimum atomic E-state index is -0.347. The molecule has 0 spiro atoms. The molecule has 1 heterocycles. The van der Waals surface area contributed by atoms with Crippen LogP contribution in [0.1, 0.15) is 101 Å². The zero-order valence-electron chi connectivity index (χ0n) is 26.6. The molecule has 7 heteroatoms. The molecule has 42 heavy (non-hydrogen) atoms. The Labute approximate surface area is 262 Å². The fraction of sp³-hybridized carbons (Fsp3) is 0.486. The van der Waals surface area contributed by atoms with E-state index in [1.807, 2.05) is 44.2 Å². The lowest BCUT2D eigenvalue weighted by Gasteiger charge is -2.30. The largest absolute Gasteiger partial charge is 0.493 e. The highest BCUT2D eigenvalue weighted by molar-refractivity contribution is 7.80. The van der Waals surface area contributed by atoms with Crippen LogP contribution in [0.2, 0.25) is 0 Å². The minimum absolute atomic E-state index is 0.0392. The van der Waals surface area contributed by atoms with E-state index < -0.39 is 0 Å². The molecule has 0 aliphatic rings. The fourth-order valence-electron chi connectivity index (χ4n) is 4.74. The van der Waals surface area contributed by atoms with Crippen molar-refractivity contribution in [1.82, 2.24) is 5.32 Å². The zero-order valence-corrected chi connectivity index (χ0v) is 28.2. The summed E-state index contributed by atoms with van der Waals surface area (Å²) in [7, 11) is 0. The number of hydrogen-bond acceptors (Lipinski definition) is 5. The first-order valence-electron chi connectivity index (χ1n) is 15.1. The van der Waals surface area contributed by atoms with E-state index in [-0.39, 0.29) is 16.8 Å². The molecule has 0 bridgehead atoms. The Morgan fingerprint density at radius 1 is 0.952 bits per heavy atom. The Balaban J connectivity index is 1.58. The van der Waals surface area contributed by atoms with Gasteiger partial charge in [-0.25, -0.2) is 4.79 Å². The second kappa shape index (κ2) is 15.0. The summed E-state index contributed by atoms with van der Waals surface area (Å²) in [6.07, 6.45) is 3.93. The molecule has 0 saturated carbocycles. The zero-order chi connectivity index (χ0) is 30.9. The number of ether oxygens (including phenoxy) is 2. The van der Waals surface area contributed by atoms with Crippen molar-refractivity contribution in [2.45, 2.75) is 91.9 Å². The van der Waals surface area contributed by atoms with E-state index in [0.29, 0.717) is 35.4 Å². The molecular weight excluding hydrogens is 561 g/mol. The normalized spacial score (nSPS) is 11.7. The third-order valence-corrected chi connectivity index (χ3v) is 9.49. The van der Waals surface area contributed by atoms with Crippen molar-refractivity contribution in [3.63, 3.8) is 0 Å². The minimum Gasteiger partial charge on any atom is -0.493 e. The quantitative estimate of drug-likeness (QED) is 0.108. The van der Waals surface area contributed by atoms with Gasteiger partial charge in [0.15, 0.2) is 5.11 Å². The van der Waals surface area contributed by atoms with Gasteiger partial charge < -0.3 is 20.1 Å². The molecule has 3 rings (SSSR count). The summed E-state index contributed by atoms with van der Waals surface area (Å²) in [5.41, 5.74) is 5.22. The van der Waals surface area contributed by atoms with Gasteiger partial charge in [0.2, 0.25) is 0 Å². The molecule has 0 amide bonds. The highest BCUT2D eigenvalue weighted by atomic mass is 32.1. The fourth-order valence-corrected chi connectivity index (χ4v) is 6.08. The van der Waals surface area contributed by atoms with Crippen LogP contribution < -0.4 is 15.4 Å². The lowest BCUT2D eigenvalue weighted by atomic mass is 9.76. The summed E-state index contributed by atoms with van der Waals surface area (Å²) in [6, 6.07) is 16.7. The van der Waals surface area contributed by atoms with Crippen molar-refractivity contribution >= 4 is 39.6 Å². The monoisotopic (exact) mass is 608 g/mol. The van der Waals surface area contributed by atoms with Crippen LogP contribution in [0.25, 0.3) is 11.1 Å². The van der Waals surface area contributed by atoms with Gasteiger partial charge >= 0.3 is 5.97 Å². The molecule has 0 aliphatic carbocycles.